The number of carboxylic acids is 1. The largest absolute Gasteiger partial charge is 0.481 e. The van der Waals surface area contributed by atoms with E-state index in [0.717, 1.165) is 29.7 Å². The summed E-state index contributed by atoms with van der Waals surface area (Å²) < 4.78 is 0. The van der Waals surface area contributed by atoms with E-state index in [1.807, 2.05) is 38.1 Å². The maximum atomic E-state index is 12.6. The Morgan fingerprint density at radius 1 is 1.07 bits per heavy atom. The maximum Gasteiger partial charge on any atom is 0.307 e. The lowest BCUT2D eigenvalue weighted by molar-refractivity contribution is -0.136. The molecule has 0 bridgehead atoms. The van der Waals surface area contributed by atoms with Crippen LogP contribution >= 0.6 is 0 Å². The number of anilines is 2. The van der Waals surface area contributed by atoms with Gasteiger partial charge in [0.2, 0.25) is 0 Å². The predicted octanol–water partition coefficient (Wildman–Crippen LogP) is 3.90. The van der Waals surface area contributed by atoms with Gasteiger partial charge < -0.3 is 15.7 Å². The molecule has 0 aromatic heterocycles. The van der Waals surface area contributed by atoms with Crippen LogP contribution in [0.25, 0.3) is 0 Å². The molecule has 0 spiro atoms. The first-order valence-electron chi connectivity index (χ1n) is 9.08. The highest BCUT2D eigenvalue weighted by molar-refractivity contribution is 6.07. The number of benzene rings is 2. The Balaban J connectivity index is 2.14. The van der Waals surface area contributed by atoms with Crippen molar-refractivity contribution >= 4 is 23.3 Å². The van der Waals surface area contributed by atoms with E-state index in [1.165, 1.54) is 6.20 Å². The summed E-state index contributed by atoms with van der Waals surface area (Å²) in [6.07, 6.45) is 2.84. The fourth-order valence-electron chi connectivity index (χ4n) is 2.78. The number of nitrogens with zero attached hydrogens (tertiary/aromatic N) is 1. The number of carboxylic acid groups (broad SMARTS) is 1. The highest BCUT2D eigenvalue weighted by Gasteiger charge is 2.14. The summed E-state index contributed by atoms with van der Waals surface area (Å²) in [5.41, 5.74) is 4.07. The van der Waals surface area contributed by atoms with Gasteiger partial charge in [-0.15, -0.1) is 0 Å². The molecular weight excluding hydrogens is 354 g/mol. The molecule has 28 heavy (non-hydrogen) atoms. The Kier molecular flexibility index (Phi) is 7.35. The van der Waals surface area contributed by atoms with E-state index in [2.05, 4.69) is 10.6 Å². The number of carbonyl (C=O) groups excluding carboxylic acids is 1. The molecule has 0 fully saturated rings. The summed E-state index contributed by atoms with van der Waals surface area (Å²) >= 11 is 0. The van der Waals surface area contributed by atoms with Crippen LogP contribution in [0, 0.1) is 11.3 Å². The quantitative estimate of drug-likeness (QED) is 0.478. The molecule has 0 aliphatic rings. The molecule has 6 heteroatoms. The number of aryl methyl sites for hydroxylation is 2. The van der Waals surface area contributed by atoms with Crippen LogP contribution in [0.2, 0.25) is 0 Å². The highest BCUT2D eigenvalue weighted by Crippen LogP contribution is 2.23. The van der Waals surface area contributed by atoms with E-state index >= 15 is 0 Å². The van der Waals surface area contributed by atoms with E-state index in [1.54, 1.807) is 24.3 Å². The SMILES string of the molecule is CCc1cccc(CC)c1NC(=O)/C(C#N)=C\Nc1ccc(CC(=O)O)cc1. The van der Waals surface area contributed by atoms with Gasteiger partial charge in [-0.05, 0) is 41.7 Å². The standard InChI is InChI=1S/C22H23N3O3/c1-3-16-6-5-7-17(4-2)21(16)25-22(28)18(13-23)14-24-19-10-8-15(9-11-19)12-20(26)27/h5-11,14,24H,3-4,12H2,1-2H3,(H,25,28)(H,26,27)/b18-14-. The maximum absolute atomic E-state index is 12.6. The van der Waals surface area contributed by atoms with Crippen LogP contribution < -0.4 is 10.6 Å². The Morgan fingerprint density at radius 2 is 1.68 bits per heavy atom. The van der Waals surface area contributed by atoms with Gasteiger partial charge in [0, 0.05) is 17.6 Å². The number of amides is 1. The van der Waals surface area contributed by atoms with Crippen molar-refractivity contribution in [3.05, 3.63) is 70.9 Å². The summed E-state index contributed by atoms with van der Waals surface area (Å²) in [6, 6.07) is 14.6. The summed E-state index contributed by atoms with van der Waals surface area (Å²) in [5, 5.41) is 23.9. The second kappa shape index (κ2) is 9.93. The summed E-state index contributed by atoms with van der Waals surface area (Å²) in [5.74, 6) is -1.38. The summed E-state index contributed by atoms with van der Waals surface area (Å²) in [6.45, 7) is 4.03. The average molecular weight is 377 g/mol. The number of carbonyl (C=O) groups is 2. The Morgan fingerprint density at radius 3 is 2.18 bits per heavy atom. The molecule has 3 N–H and O–H groups in total. The van der Waals surface area contributed by atoms with Gasteiger partial charge in [0.15, 0.2) is 0 Å². The van der Waals surface area contributed by atoms with Gasteiger partial charge in [-0.2, -0.15) is 5.26 Å². The predicted molar refractivity (Wildman–Crippen MR) is 109 cm³/mol. The zero-order valence-corrected chi connectivity index (χ0v) is 16.0. The lowest BCUT2D eigenvalue weighted by Gasteiger charge is -2.14. The smallest absolute Gasteiger partial charge is 0.307 e. The number of nitriles is 1. The van der Waals surface area contributed by atoms with Crippen molar-refractivity contribution in [1.29, 1.82) is 5.26 Å². The van der Waals surface area contributed by atoms with Crippen molar-refractivity contribution in [3.63, 3.8) is 0 Å². The van der Waals surface area contributed by atoms with E-state index in [-0.39, 0.29) is 12.0 Å². The Labute approximate surface area is 164 Å². The van der Waals surface area contributed by atoms with Crippen LogP contribution in [0.4, 0.5) is 11.4 Å². The third kappa shape index (κ3) is 5.45. The molecule has 0 saturated carbocycles. The van der Waals surface area contributed by atoms with Crippen LogP contribution in [0.5, 0.6) is 0 Å². The number of hydrogen-bond acceptors (Lipinski definition) is 4. The second-order valence-electron chi connectivity index (χ2n) is 6.19. The van der Waals surface area contributed by atoms with Gasteiger partial charge in [0.1, 0.15) is 11.6 Å². The van der Waals surface area contributed by atoms with E-state index in [0.29, 0.717) is 11.3 Å². The number of aliphatic carboxylic acids is 1. The van der Waals surface area contributed by atoms with Crippen LogP contribution in [-0.2, 0) is 28.9 Å². The van der Waals surface area contributed by atoms with Crippen molar-refractivity contribution in [2.75, 3.05) is 10.6 Å². The first-order chi connectivity index (χ1) is 13.5. The fraction of sp³-hybridized carbons (Fsp3) is 0.227. The minimum Gasteiger partial charge on any atom is -0.481 e. The van der Waals surface area contributed by atoms with Gasteiger partial charge in [-0.25, -0.2) is 0 Å². The zero-order chi connectivity index (χ0) is 20.5. The zero-order valence-electron chi connectivity index (χ0n) is 16.0. The molecule has 0 aliphatic carbocycles. The lowest BCUT2D eigenvalue weighted by Crippen LogP contribution is -2.17. The van der Waals surface area contributed by atoms with Crippen molar-refractivity contribution in [2.45, 2.75) is 33.1 Å². The number of rotatable bonds is 8. The van der Waals surface area contributed by atoms with Crippen molar-refractivity contribution in [3.8, 4) is 6.07 Å². The van der Waals surface area contributed by atoms with E-state index in [9.17, 15) is 14.9 Å². The molecule has 2 rings (SSSR count). The van der Waals surface area contributed by atoms with Crippen LogP contribution in [0.15, 0.2) is 54.2 Å². The van der Waals surface area contributed by atoms with E-state index < -0.39 is 11.9 Å². The third-order valence-corrected chi connectivity index (χ3v) is 4.29. The minimum absolute atomic E-state index is 0.0532. The van der Waals surface area contributed by atoms with Crippen LogP contribution in [0.3, 0.4) is 0 Å². The fourth-order valence-corrected chi connectivity index (χ4v) is 2.78. The number of para-hydroxylation sites is 1. The van der Waals surface area contributed by atoms with Crippen molar-refractivity contribution in [1.82, 2.24) is 0 Å². The molecule has 0 heterocycles. The molecule has 2 aromatic carbocycles. The number of nitrogens with one attached hydrogen (secondary N) is 2. The molecule has 144 valence electrons. The van der Waals surface area contributed by atoms with Gasteiger partial charge >= 0.3 is 5.97 Å². The van der Waals surface area contributed by atoms with Crippen LogP contribution in [-0.4, -0.2) is 17.0 Å². The topological polar surface area (TPSA) is 102 Å². The Hall–Kier alpha value is -3.59. The monoisotopic (exact) mass is 377 g/mol. The Bertz CT molecular complexity index is 903. The molecule has 1 amide bonds. The molecular formula is C22H23N3O3. The molecule has 0 unspecified atom stereocenters. The molecule has 0 radical (unpaired) electrons. The first-order valence-corrected chi connectivity index (χ1v) is 9.08. The van der Waals surface area contributed by atoms with Gasteiger partial charge in [-0.3, -0.25) is 9.59 Å². The summed E-state index contributed by atoms with van der Waals surface area (Å²) in [4.78, 5) is 23.3. The van der Waals surface area contributed by atoms with Gasteiger partial charge in [0.05, 0.1) is 6.42 Å². The van der Waals surface area contributed by atoms with Gasteiger partial charge in [0.25, 0.3) is 5.91 Å². The van der Waals surface area contributed by atoms with Crippen LogP contribution in [0.1, 0.15) is 30.5 Å². The third-order valence-electron chi connectivity index (χ3n) is 4.29. The van der Waals surface area contributed by atoms with Crippen molar-refractivity contribution in [2.24, 2.45) is 0 Å². The molecule has 6 nitrogen and oxygen atoms in total. The van der Waals surface area contributed by atoms with E-state index in [4.69, 9.17) is 5.11 Å². The highest BCUT2D eigenvalue weighted by atomic mass is 16.4. The average Bonchev–Trinajstić information content (AvgIpc) is 2.69. The minimum atomic E-state index is -0.900. The molecule has 0 saturated heterocycles. The number of hydrogen-bond donors (Lipinski definition) is 3. The second-order valence-corrected chi connectivity index (χ2v) is 6.19. The molecule has 0 atom stereocenters. The first kappa shape index (κ1) is 20.7. The van der Waals surface area contributed by atoms with Crippen molar-refractivity contribution < 1.29 is 14.7 Å². The normalized spacial score (nSPS) is 10.8. The lowest BCUT2D eigenvalue weighted by atomic mass is 10.0. The molecule has 0 aliphatic heterocycles. The molecule has 2 aromatic rings. The summed E-state index contributed by atoms with van der Waals surface area (Å²) in [7, 11) is 0. The van der Waals surface area contributed by atoms with Gasteiger partial charge in [-0.1, -0.05) is 44.2 Å².